The largest absolute Gasteiger partial charge is 0.366 e. The highest BCUT2D eigenvalue weighted by molar-refractivity contribution is 6.03. The van der Waals surface area contributed by atoms with Gasteiger partial charge in [-0.15, -0.1) is 5.10 Å². The van der Waals surface area contributed by atoms with Crippen LogP contribution in [-0.4, -0.2) is 31.5 Å². The Morgan fingerprint density at radius 2 is 1.78 bits per heavy atom. The summed E-state index contributed by atoms with van der Waals surface area (Å²) >= 11 is 0. The van der Waals surface area contributed by atoms with E-state index in [0.717, 1.165) is 30.0 Å². The minimum absolute atomic E-state index is 0.293. The van der Waals surface area contributed by atoms with Crippen molar-refractivity contribution >= 4 is 34.4 Å². The summed E-state index contributed by atoms with van der Waals surface area (Å²) in [7, 11) is 0. The van der Waals surface area contributed by atoms with Gasteiger partial charge >= 0.3 is 0 Å². The van der Waals surface area contributed by atoms with E-state index in [1.54, 1.807) is 35.2 Å². The number of rotatable bonds is 6. The van der Waals surface area contributed by atoms with Gasteiger partial charge in [-0.05, 0) is 37.1 Å². The van der Waals surface area contributed by atoms with E-state index >= 15 is 0 Å². The number of carbonyl (C=O) groups is 1. The molecule has 1 saturated carbocycles. The average Bonchev–Trinajstić information content (AvgIpc) is 3.26. The van der Waals surface area contributed by atoms with Crippen LogP contribution in [0, 0.1) is 0 Å². The van der Waals surface area contributed by atoms with Crippen LogP contribution in [-0.2, 0) is 0 Å². The number of para-hydroxylation sites is 1. The van der Waals surface area contributed by atoms with Crippen LogP contribution in [0.1, 0.15) is 42.6 Å². The Bertz CT molecular complexity index is 1200. The fourth-order valence-electron chi connectivity index (χ4n) is 4.05. The first kappa shape index (κ1) is 20.0. The summed E-state index contributed by atoms with van der Waals surface area (Å²) in [6.07, 6.45) is 10.8. The van der Waals surface area contributed by atoms with Crippen molar-refractivity contribution in [1.29, 1.82) is 0 Å². The van der Waals surface area contributed by atoms with Crippen molar-refractivity contribution in [3.63, 3.8) is 0 Å². The number of nitrogens with zero attached hydrogens (tertiary/aromatic N) is 4. The summed E-state index contributed by atoms with van der Waals surface area (Å²) in [6, 6.07) is 15.8. The molecule has 162 valence electrons. The van der Waals surface area contributed by atoms with Crippen molar-refractivity contribution < 1.29 is 4.79 Å². The standard InChI is InChI=1S/C24H25N7O/c32-24(29-19-12-7-13-25-15-19)21-16-26-23-20(27-17-8-3-1-4-9-17)14-22(30-31(21)23)28-18-10-5-2-6-11-18/h1,3-4,7-9,12-16,18,27H,2,5-6,10-11H2,(H,28,30)(H,29,32). The minimum atomic E-state index is -0.293. The highest BCUT2D eigenvalue weighted by atomic mass is 16.2. The second-order valence-electron chi connectivity index (χ2n) is 7.99. The summed E-state index contributed by atoms with van der Waals surface area (Å²) < 4.78 is 1.60. The third-order valence-electron chi connectivity index (χ3n) is 5.63. The molecule has 0 radical (unpaired) electrons. The first-order valence-electron chi connectivity index (χ1n) is 10.9. The van der Waals surface area contributed by atoms with Crippen LogP contribution in [0.25, 0.3) is 5.65 Å². The van der Waals surface area contributed by atoms with Crippen molar-refractivity contribution in [2.24, 2.45) is 0 Å². The number of amides is 1. The van der Waals surface area contributed by atoms with E-state index in [9.17, 15) is 4.79 Å². The van der Waals surface area contributed by atoms with Gasteiger partial charge in [0.15, 0.2) is 11.3 Å². The van der Waals surface area contributed by atoms with Crippen molar-refractivity contribution in [3.05, 3.63) is 72.8 Å². The number of fused-ring (bicyclic) bond motifs is 1. The molecule has 0 spiro atoms. The van der Waals surface area contributed by atoms with Gasteiger partial charge in [0.1, 0.15) is 5.82 Å². The van der Waals surface area contributed by atoms with E-state index in [1.807, 2.05) is 36.4 Å². The summed E-state index contributed by atoms with van der Waals surface area (Å²) in [6.45, 7) is 0. The normalized spacial score (nSPS) is 14.2. The molecule has 3 aromatic heterocycles. The van der Waals surface area contributed by atoms with E-state index in [1.165, 1.54) is 19.3 Å². The van der Waals surface area contributed by atoms with Gasteiger partial charge in [0.2, 0.25) is 0 Å². The topological polar surface area (TPSA) is 96.2 Å². The van der Waals surface area contributed by atoms with E-state index in [0.29, 0.717) is 23.1 Å². The van der Waals surface area contributed by atoms with Gasteiger partial charge in [0.25, 0.3) is 5.91 Å². The molecule has 1 amide bonds. The predicted octanol–water partition coefficient (Wildman–Crippen LogP) is 4.86. The number of imidazole rings is 1. The van der Waals surface area contributed by atoms with Crippen LogP contribution in [0.15, 0.2) is 67.1 Å². The third-order valence-corrected chi connectivity index (χ3v) is 5.63. The molecule has 0 bridgehead atoms. The lowest BCUT2D eigenvalue weighted by molar-refractivity contribution is 0.102. The summed E-state index contributed by atoms with van der Waals surface area (Å²) in [4.78, 5) is 21.5. The number of hydrogen-bond donors (Lipinski definition) is 3. The molecule has 8 heteroatoms. The maximum Gasteiger partial charge on any atom is 0.276 e. The number of hydrogen-bond acceptors (Lipinski definition) is 6. The number of aromatic nitrogens is 4. The van der Waals surface area contributed by atoms with Gasteiger partial charge in [-0.25, -0.2) is 9.50 Å². The van der Waals surface area contributed by atoms with E-state index in [2.05, 4.69) is 25.9 Å². The van der Waals surface area contributed by atoms with Crippen LogP contribution in [0.4, 0.5) is 22.9 Å². The lowest BCUT2D eigenvalue weighted by Gasteiger charge is -2.23. The van der Waals surface area contributed by atoms with E-state index in [4.69, 9.17) is 5.10 Å². The molecule has 0 unspecified atom stereocenters. The molecule has 5 rings (SSSR count). The first-order valence-corrected chi connectivity index (χ1v) is 10.9. The van der Waals surface area contributed by atoms with Gasteiger partial charge < -0.3 is 16.0 Å². The predicted molar refractivity (Wildman–Crippen MR) is 125 cm³/mol. The van der Waals surface area contributed by atoms with E-state index < -0.39 is 0 Å². The molecule has 3 N–H and O–H groups in total. The average molecular weight is 428 g/mol. The van der Waals surface area contributed by atoms with Crippen LogP contribution in [0.3, 0.4) is 0 Å². The number of nitrogens with one attached hydrogen (secondary N) is 3. The SMILES string of the molecule is O=C(Nc1cccnc1)c1cnc2c(Nc3ccccc3)cc(NC3CCCCC3)nn12. The van der Waals surface area contributed by atoms with Gasteiger partial charge in [-0.1, -0.05) is 37.5 Å². The molecular formula is C24H25N7O. The molecule has 1 aromatic carbocycles. The van der Waals surface area contributed by atoms with Gasteiger partial charge in [-0.3, -0.25) is 9.78 Å². The fraction of sp³-hybridized carbons (Fsp3) is 0.250. The van der Waals surface area contributed by atoms with Crippen molar-refractivity contribution in [2.45, 2.75) is 38.1 Å². The molecule has 8 nitrogen and oxygen atoms in total. The number of carbonyl (C=O) groups excluding carboxylic acids is 1. The van der Waals surface area contributed by atoms with Crippen LogP contribution >= 0.6 is 0 Å². The monoisotopic (exact) mass is 427 g/mol. The Balaban J connectivity index is 1.51. The third kappa shape index (κ3) is 4.39. The molecule has 1 aliphatic rings. The maximum absolute atomic E-state index is 13.0. The molecule has 1 aliphatic carbocycles. The molecule has 0 aliphatic heterocycles. The fourth-order valence-corrected chi connectivity index (χ4v) is 4.05. The molecule has 32 heavy (non-hydrogen) atoms. The Morgan fingerprint density at radius 1 is 0.969 bits per heavy atom. The minimum Gasteiger partial charge on any atom is -0.366 e. The quantitative estimate of drug-likeness (QED) is 0.406. The van der Waals surface area contributed by atoms with Crippen LogP contribution < -0.4 is 16.0 Å². The number of benzene rings is 1. The molecule has 3 heterocycles. The lowest BCUT2D eigenvalue weighted by atomic mass is 9.95. The summed E-state index contributed by atoms with van der Waals surface area (Å²) in [5.74, 6) is 0.426. The second-order valence-corrected chi connectivity index (χ2v) is 7.99. The summed E-state index contributed by atoms with van der Waals surface area (Å²) in [5, 5.41) is 14.6. The Kier molecular flexibility index (Phi) is 5.65. The molecule has 4 aromatic rings. The van der Waals surface area contributed by atoms with Crippen molar-refractivity contribution in [3.8, 4) is 0 Å². The van der Waals surface area contributed by atoms with Crippen molar-refractivity contribution in [1.82, 2.24) is 19.6 Å². The Hall–Kier alpha value is -3.94. The van der Waals surface area contributed by atoms with Crippen molar-refractivity contribution in [2.75, 3.05) is 16.0 Å². The van der Waals surface area contributed by atoms with Crippen LogP contribution in [0.2, 0.25) is 0 Å². The van der Waals surface area contributed by atoms with Gasteiger partial charge in [0.05, 0.1) is 23.8 Å². The number of pyridine rings is 1. The smallest absolute Gasteiger partial charge is 0.276 e. The molecule has 0 atom stereocenters. The Morgan fingerprint density at radius 3 is 2.56 bits per heavy atom. The zero-order chi connectivity index (χ0) is 21.8. The summed E-state index contributed by atoms with van der Waals surface area (Å²) in [5.41, 5.74) is 3.27. The zero-order valence-electron chi connectivity index (χ0n) is 17.7. The Labute approximate surface area is 186 Å². The van der Waals surface area contributed by atoms with E-state index in [-0.39, 0.29) is 5.91 Å². The highest BCUT2D eigenvalue weighted by Crippen LogP contribution is 2.27. The lowest BCUT2D eigenvalue weighted by Crippen LogP contribution is -2.24. The number of anilines is 4. The first-order chi connectivity index (χ1) is 15.8. The molecule has 0 saturated heterocycles. The maximum atomic E-state index is 13.0. The van der Waals surface area contributed by atoms with Gasteiger partial charge in [0, 0.05) is 24.0 Å². The highest BCUT2D eigenvalue weighted by Gasteiger charge is 2.19. The van der Waals surface area contributed by atoms with Gasteiger partial charge in [-0.2, -0.15) is 0 Å². The molecule has 1 fully saturated rings. The second kappa shape index (κ2) is 9.05. The van der Waals surface area contributed by atoms with Crippen LogP contribution in [0.5, 0.6) is 0 Å². The zero-order valence-corrected chi connectivity index (χ0v) is 17.7. The molecular weight excluding hydrogens is 402 g/mol.